The first kappa shape index (κ1) is 16.2. The highest BCUT2D eigenvalue weighted by Crippen LogP contribution is 2.04. The Hall–Kier alpha value is -1.78. The molecule has 0 spiro atoms. The molecule has 18 heavy (non-hydrogen) atoms. The van der Waals surface area contributed by atoms with Crippen LogP contribution in [0.15, 0.2) is 24.5 Å². The normalized spacial score (nSPS) is 9.56. The average molecular weight is 254 g/mol. The number of ether oxygens (including phenoxy) is 1. The fourth-order valence-corrected chi connectivity index (χ4v) is 0.976. The van der Waals surface area contributed by atoms with Crippen molar-refractivity contribution in [2.24, 2.45) is 0 Å². The van der Waals surface area contributed by atoms with Crippen LogP contribution in [-0.2, 0) is 14.3 Å². The van der Waals surface area contributed by atoms with Crippen molar-refractivity contribution in [2.75, 3.05) is 34.3 Å². The molecule has 102 valence electrons. The maximum atomic E-state index is 11.7. The second-order valence-corrected chi connectivity index (χ2v) is 4.33. The molecular weight excluding hydrogens is 232 g/mol. The Morgan fingerprint density at radius 1 is 1.11 bits per heavy atom. The monoisotopic (exact) mass is 254 g/mol. The molecule has 0 heterocycles. The highest BCUT2D eigenvalue weighted by Gasteiger charge is 2.15. The predicted octanol–water partition coefficient (Wildman–Crippen LogP) is 1.03. The van der Waals surface area contributed by atoms with Crippen LogP contribution in [0.2, 0.25) is 0 Å². The molecule has 0 aliphatic rings. The Balaban J connectivity index is 3.99. The minimum atomic E-state index is -0.224. The summed E-state index contributed by atoms with van der Waals surface area (Å²) in [5.41, 5.74) is 0.756. The van der Waals surface area contributed by atoms with Crippen molar-refractivity contribution >= 4 is 11.8 Å². The van der Waals surface area contributed by atoms with Gasteiger partial charge in [-0.1, -0.05) is 13.2 Å². The zero-order valence-electron chi connectivity index (χ0n) is 11.7. The summed E-state index contributed by atoms with van der Waals surface area (Å²) >= 11 is 0. The summed E-state index contributed by atoms with van der Waals surface area (Å²) in [7, 11) is 4.88. The maximum absolute atomic E-state index is 11.7. The van der Waals surface area contributed by atoms with E-state index in [1.165, 1.54) is 9.80 Å². The minimum absolute atomic E-state index is 0.120. The van der Waals surface area contributed by atoms with Crippen LogP contribution in [0.4, 0.5) is 0 Å². The molecule has 0 N–H and O–H groups in total. The minimum Gasteiger partial charge on any atom is -0.492 e. The van der Waals surface area contributed by atoms with E-state index in [1.54, 1.807) is 28.1 Å². The molecular formula is C13H22N2O3. The van der Waals surface area contributed by atoms with Gasteiger partial charge in [0.2, 0.25) is 11.8 Å². The Morgan fingerprint density at radius 3 is 2.11 bits per heavy atom. The zero-order chi connectivity index (χ0) is 14.3. The van der Waals surface area contributed by atoms with Crippen molar-refractivity contribution in [1.29, 1.82) is 0 Å². The fraction of sp³-hybridized carbons (Fsp3) is 0.538. The summed E-state index contributed by atoms with van der Waals surface area (Å²) in [4.78, 5) is 25.9. The molecule has 0 aromatic heterocycles. The molecule has 0 saturated carbocycles. The quantitative estimate of drug-likeness (QED) is 0.387. The molecule has 0 aromatic carbocycles. The summed E-state index contributed by atoms with van der Waals surface area (Å²) in [6.07, 6.45) is -0.120. The van der Waals surface area contributed by atoms with E-state index >= 15 is 0 Å². The van der Waals surface area contributed by atoms with Crippen LogP contribution in [0.25, 0.3) is 0 Å². The van der Waals surface area contributed by atoms with E-state index < -0.39 is 0 Å². The van der Waals surface area contributed by atoms with Crippen LogP contribution < -0.4 is 0 Å². The van der Waals surface area contributed by atoms with Gasteiger partial charge in [0.25, 0.3) is 0 Å². The third-order valence-corrected chi connectivity index (χ3v) is 2.41. The molecule has 0 aliphatic heterocycles. The molecule has 0 bridgehead atoms. The molecule has 5 heteroatoms. The van der Waals surface area contributed by atoms with E-state index in [0.717, 1.165) is 5.57 Å². The lowest BCUT2D eigenvalue weighted by molar-refractivity contribution is -0.138. The average Bonchev–Trinajstić information content (AvgIpc) is 2.27. The van der Waals surface area contributed by atoms with Crippen LogP contribution >= 0.6 is 0 Å². The van der Waals surface area contributed by atoms with Crippen molar-refractivity contribution in [3.8, 4) is 0 Å². The lowest BCUT2D eigenvalue weighted by Crippen LogP contribution is -2.34. The molecule has 0 aliphatic carbocycles. The van der Waals surface area contributed by atoms with Crippen molar-refractivity contribution in [3.05, 3.63) is 24.5 Å². The van der Waals surface area contributed by atoms with Crippen LogP contribution in [0.5, 0.6) is 0 Å². The van der Waals surface area contributed by atoms with Gasteiger partial charge < -0.3 is 14.5 Å². The van der Waals surface area contributed by atoms with Gasteiger partial charge in [-0.2, -0.15) is 0 Å². The molecule has 0 atom stereocenters. The van der Waals surface area contributed by atoms with Crippen LogP contribution in [0.1, 0.15) is 13.3 Å². The lowest BCUT2D eigenvalue weighted by Gasteiger charge is -2.19. The number of hydrogen-bond donors (Lipinski definition) is 0. The van der Waals surface area contributed by atoms with Gasteiger partial charge in [-0.05, 0) is 12.5 Å². The second-order valence-electron chi connectivity index (χ2n) is 4.33. The highest BCUT2D eigenvalue weighted by atomic mass is 16.5. The van der Waals surface area contributed by atoms with E-state index in [1.807, 2.05) is 0 Å². The van der Waals surface area contributed by atoms with Gasteiger partial charge in [-0.3, -0.25) is 9.59 Å². The maximum Gasteiger partial charge on any atom is 0.231 e. The molecule has 0 radical (unpaired) electrons. The third kappa shape index (κ3) is 6.08. The molecule has 0 rings (SSSR count). The summed E-state index contributed by atoms with van der Waals surface area (Å²) in [6, 6.07) is 0. The molecule has 0 fully saturated rings. The number of carbonyl (C=O) groups excluding carboxylic acids is 2. The molecule has 2 amide bonds. The van der Waals surface area contributed by atoms with Crippen molar-refractivity contribution < 1.29 is 14.3 Å². The fourth-order valence-electron chi connectivity index (χ4n) is 0.976. The van der Waals surface area contributed by atoms with Gasteiger partial charge in [-0.15, -0.1) is 0 Å². The Kier molecular flexibility index (Phi) is 6.78. The van der Waals surface area contributed by atoms with Gasteiger partial charge in [-0.25, -0.2) is 0 Å². The molecule has 5 nitrogen and oxygen atoms in total. The second kappa shape index (κ2) is 7.53. The van der Waals surface area contributed by atoms with Crippen molar-refractivity contribution in [2.45, 2.75) is 13.3 Å². The predicted molar refractivity (Wildman–Crippen MR) is 70.9 cm³/mol. The number of hydrogen-bond acceptors (Lipinski definition) is 3. The van der Waals surface area contributed by atoms with Gasteiger partial charge >= 0.3 is 0 Å². The van der Waals surface area contributed by atoms with Crippen molar-refractivity contribution in [3.63, 3.8) is 0 Å². The van der Waals surface area contributed by atoms with E-state index in [4.69, 9.17) is 4.74 Å². The van der Waals surface area contributed by atoms with Crippen molar-refractivity contribution in [1.82, 2.24) is 9.80 Å². The van der Waals surface area contributed by atoms with E-state index in [2.05, 4.69) is 13.2 Å². The summed E-state index contributed by atoms with van der Waals surface area (Å²) < 4.78 is 5.29. The highest BCUT2D eigenvalue weighted by molar-refractivity contribution is 5.96. The Labute approximate surface area is 109 Å². The van der Waals surface area contributed by atoms with Crippen LogP contribution in [0, 0.1) is 0 Å². The molecule has 0 aromatic rings. The zero-order valence-corrected chi connectivity index (χ0v) is 11.7. The number of carbonyl (C=O) groups is 2. The first-order valence-corrected chi connectivity index (χ1v) is 5.67. The number of nitrogens with zero attached hydrogens (tertiary/aromatic N) is 2. The van der Waals surface area contributed by atoms with Gasteiger partial charge in [0.15, 0.2) is 0 Å². The Bertz CT molecular complexity index is 348. The summed E-state index contributed by atoms with van der Waals surface area (Å²) in [5, 5.41) is 0. The summed E-state index contributed by atoms with van der Waals surface area (Å²) in [6.45, 7) is 9.92. The van der Waals surface area contributed by atoms with Crippen LogP contribution in [-0.4, -0.2) is 55.9 Å². The lowest BCUT2D eigenvalue weighted by atomic mass is 10.3. The SMILES string of the molecule is C=C(C)C(=C)OCCN(C)C(=O)CC(=O)N(C)C. The van der Waals surface area contributed by atoms with E-state index in [0.29, 0.717) is 18.9 Å². The molecule has 0 saturated heterocycles. The van der Waals surface area contributed by atoms with Gasteiger partial charge in [0.1, 0.15) is 18.8 Å². The van der Waals surface area contributed by atoms with Gasteiger partial charge in [0.05, 0.1) is 6.54 Å². The van der Waals surface area contributed by atoms with Crippen LogP contribution in [0.3, 0.4) is 0 Å². The standard InChI is InChI=1S/C13H22N2O3/c1-10(2)11(3)18-8-7-15(6)13(17)9-12(16)14(4)5/h1,3,7-9H2,2,4-6H3. The smallest absolute Gasteiger partial charge is 0.231 e. The van der Waals surface area contributed by atoms with E-state index in [9.17, 15) is 9.59 Å². The number of allylic oxidation sites excluding steroid dienone is 1. The number of likely N-dealkylation sites (N-methyl/N-ethyl adjacent to an activating group) is 1. The number of amides is 2. The molecule has 0 unspecified atom stereocenters. The third-order valence-electron chi connectivity index (χ3n) is 2.41. The Morgan fingerprint density at radius 2 is 1.67 bits per heavy atom. The van der Waals surface area contributed by atoms with E-state index in [-0.39, 0.29) is 18.2 Å². The summed E-state index contributed by atoms with van der Waals surface area (Å²) in [5.74, 6) is 0.0811. The first-order valence-electron chi connectivity index (χ1n) is 5.67. The largest absolute Gasteiger partial charge is 0.492 e. The topological polar surface area (TPSA) is 49.9 Å². The first-order chi connectivity index (χ1) is 8.25. The van der Waals surface area contributed by atoms with Gasteiger partial charge in [0, 0.05) is 21.1 Å². The number of rotatable bonds is 7.